The maximum atomic E-state index is 4.94. The molecular weight excluding hydrogens is 838 g/mol. The third kappa shape index (κ3) is 13.2. The van der Waals surface area contributed by atoms with E-state index >= 15 is 0 Å². The molecule has 0 aliphatic heterocycles. The number of halogens is 3. The Labute approximate surface area is 322 Å². The minimum atomic E-state index is -1.66. The van der Waals surface area contributed by atoms with Gasteiger partial charge in [0.15, 0.2) is 0 Å². The van der Waals surface area contributed by atoms with Crippen molar-refractivity contribution in [2.75, 3.05) is 37.0 Å². The Morgan fingerprint density at radius 3 is 0.600 bits per heavy atom. The van der Waals surface area contributed by atoms with Crippen molar-refractivity contribution >= 4 is 92.6 Å². The maximum Gasteiger partial charge on any atom is -0.0195 e. The molecule has 6 aromatic rings. The average molecular weight is 880 g/mol. The predicted octanol–water partition coefficient (Wildman–Crippen LogP) is 10.9. The topological polar surface area (TPSA) is 0 Å². The van der Waals surface area contributed by atoms with Gasteiger partial charge in [0, 0.05) is 0 Å². The average Bonchev–Trinajstić information content (AvgIpc) is 3.17. The van der Waals surface area contributed by atoms with Gasteiger partial charge in [-0.1, -0.05) is 182 Å². The summed E-state index contributed by atoms with van der Waals surface area (Å²) in [5, 5.41) is 9.03. The minimum absolute atomic E-state index is 0.152. The Morgan fingerprint density at radius 2 is 0.440 bits per heavy atom. The molecule has 0 saturated carbocycles. The van der Waals surface area contributed by atoms with Crippen molar-refractivity contribution < 1.29 is 13.0 Å². The molecular formula is C42H42Cl3P4Rh. The molecule has 0 atom stereocenters. The van der Waals surface area contributed by atoms with Crippen molar-refractivity contribution in [3.05, 3.63) is 182 Å². The van der Waals surface area contributed by atoms with Crippen molar-refractivity contribution in [3.63, 3.8) is 0 Å². The second-order valence-electron chi connectivity index (χ2n) is 11.5. The molecule has 0 fully saturated rings. The Hall–Kier alpha value is -1.47. The van der Waals surface area contributed by atoms with Crippen LogP contribution in [-0.2, 0) is 13.0 Å². The quantitative estimate of drug-likeness (QED) is 0.0712. The molecule has 0 aromatic heterocycles. The molecule has 50 heavy (non-hydrogen) atoms. The van der Waals surface area contributed by atoms with E-state index in [4.69, 9.17) is 29.1 Å². The Morgan fingerprint density at radius 1 is 0.280 bits per heavy atom. The van der Waals surface area contributed by atoms with Gasteiger partial charge in [-0.25, -0.2) is 0 Å². The predicted molar refractivity (Wildman–Crippen MR) is 231 cm³/mol. The van der Waals surface area contributed by atoms with E-state index < -0.39 is 13.0 Å². The van der Waals surface area contributed by atoms with E-state index in [0.29, 0.717) is 0 Å². The Bertz CT molecular complexity index is 1430. The fourth-order valence-electron chi connectivity index (χ4n) is 5.93. The second-order valence-corrected chi connectivity index (χ2v) is 28.6. The van der Waals surface area contributed by atoms with E-state index in [1.807, 2.05) is 0 Å². The van der Waals surface area contributed by atoms with Crippen LogP contribution in [0.25, 0.3) is 0 Å². The van der Waals surface area contributed by atoms with Gasteiger partial charge >= 0.3 is 42.1 Å². The fourth-order valence-corrected chi connectivity index (χ4v) is 18.0. The summed E-state index contributed by atoms with van der Waals surface area (Å²) in [7, 11) is 13.5. The molecule has 8 heteroatoms. The van der Waals surface area contributed by atoms with Crippen LogP contribution in [0.1, 0.15) is 0 Å². The number of hydrogen-bond acceptors (Lipinski definition) is 0. The van der Waals surface area contributed by atoms with Crippen molar-refractivity contribution in [1.82, 2.24) is 0 Å². The summed E-state index contributed by atoms with van der Waals surface area (Å²) in [6.45, 7) is 0. The fraction of sp³-hybridized carbons (Fsp3) is 0.143. The molecule has 0 radical (unpaired) electrons. The smallest absolute Gasteiger partial charge is 0.0195 e. The molecule has 0 aliphatic carbocycles. The van der Waals surface area contributed by atoms with Gasteiger partial charge < -0.3 is 0 Å². The van der Waals surface area contributed by atoms with E-state index in [2.05, 4.69) is 182 Å². The molecule has 6 aromatic carbocycles. The standard InChI is InChI=1S/C42H42P4.3ClH.Rh/c1-7-19-37(20-8-1)44(38-21-9-2-10-22-38)34-31-43(32-35-45(39-23-11-3-12-24-39)40-25-13-4-14-26-40)33-36-46(41-27-15-5-16-28-41)42-29-17-6-18-30-42;;;;/h1-30H,31-36H2;3*1H;/q;;;;+3/p-3. The Kier molecular flexibility index (Phi) is 17.9. The normalized spacial score (nSPS) is 11.5. The van der Waals surface area contributed by atoms with Crippen LogP contribution in [0.3, 0.4) is 0 Å². The molecule has 0 N–H and O–H groups in total. The molecule has 0 spiro atoms. The van der Waals surface area contributed by atoms with Crippen molar-refractivity contribution in [3.8, 4) is 0 Å². The van der Waals surface area contributed by atoms with Gasteiger partial charge in [-0.3, -0.25) is 0 Å². The first-order chi connectivity index (χ1) is 24.6. The third-order valence-electron chi connectivity index (χ3n) is 8.33. The summed E-state index contributed by atoms with van der Waals surface area (Å²) in [5.41, 5.74) is 0. The molecule has 0 saturated heterocycles. The van der Waals surface area contributed by atoms with Crippen LogP contribution in [-0.4, -0.2) is 37.0 Å². The van der Waals surface area contributed by atoms with E-state index in [9.17, 15) is 0 Å². The molecule has 0 nitrogen and oxygen atoms in total. The van der Waals surface area contributed by atoms with E-state index in [-0.39, 0.29) is 31.7 Å². The summed E-state index contributed by atoms with van der Waals surface area (Å²) in [6, 6.07) is 67.8. The van der Waals surface area contributed by atoms with Gasteiger partial charge in [-0.05, 0) is 92.6 Å². The molecule has 6 rings (SSSR count). The van der Waals surface area contributed by atoms with Gasteiger partial charge in [0.2, 0.25) is 0 Å². The van der Waals surface area contributed by atoms with Gasteiger partial charge in [0.1, 0.15) is 0 Å². The van der Waals surface area contributed by atoms with Gasteiger partial charge in [0.25, 0.3) is 0 Å². The number of hydrogen-bond donors (Lipinski definition) is 0. The zero-order valence-corrected chi connectivity index (χ0v) is 35.3. The van der Waals surface area contributed by atoms with Crippen LogP contribution >= 0.6 is 60.8 Å². The first kappa shape index (κ1) is 39.7. The molecule has 0 aliphatic rings. The van der Waals surface area contributed by atoms with Crippen LogP contribution in [0.15, 0.2) is 182 Å². The number of rotatable bonds is 15. The molecule has 0 bridgehead atoms. The number of benzene rings is 6. The van der Waals surface area contributed by atoms with Gasteiger partial charge in [-0.15, -0.1) is 7.92 Å². The SMILES string of the molecule is [Cl][Rh]([Cl])[Cl].c1ccc(P(CCP(CCP(c2ccccc2)c2ccccc2)CCP(c2ccccc2)c2ccccc2)c2ccccc2)cc1. The molecule has 0 heterocycles. The Balaban J connectivity index is 0.00000115. The van der Waals surface area contributed by atoms with Crippen LogP contribution < -0.4 is 31.8 Å². The van der Waals surface area contributed by atoms with Gasteiger partial charge in [-0.2, -0.15) is 0 Å². The molecule has 260 valence electrons. The second kappa shape index (κ2) is 22.6. The summed E-state index contributed by atoms with van der Waals surface area (Å²) in [5.74, 6) is 0. The minimum Gasteiger partial charge on any atom is -0.106 e. The zero-order valence-electron chi connectivity index (χ0n) is 27.8. The zero-order chi connectivity index (χ0) is 34.8. The van der Waals surface area contributed by atoms with Crippen LogP contribution in [0.4, 0.5) is 0 Å². The largest absolute Gasteiger partial charge is 0.106 e. The summed E-state index contributed by atoms with van der Waals surface area (Å²) in [4.78, 5) is 0. The van der Waals surface area contributed by atoms with E-state index in [0.717, 1.165) is 0 Å². The third-order valence-corrected chi connectivity index (χ3v) is 19.5. The van der Waals surface area contributed by atoms with Crippen molar-refractivity contribution in [1.29, 1.82) is 0 Å². The first-order valence-corrected chi connectivity index (χ1v) is 29.4. The summed E-state index contributed by atoms with van der Waals surface area (Å²) in [6.07, 6.45) is 7.76. The maximum absolute atomic E-state index is 4.94. The van der Waals surface area contributed by atoms with Crippen molar-refractivity contribution in [2.45, 2.75) is 0 Å². The molecule has 0 amide bonds. The van der Waals surface area contributed by atoms with E-state index in [1.54, 1.807) is 0 Å². The van der Waals surface area contributed by atoms with Crippen LogP contribution in [0.2, 0.25) is 0 Å². The molecule has 0 unspecified atom stereocenters. The van der Waals surface area contributed by atoms with Gasteiger partial charge in [0.05, 0.1) is 0 Å². The van der Waals surface area contributed by atoms with Crippen LogP contribution in [0.5, 0.6) is 0 Å². The summed E-state index contributed by atoms with van der Waals surface area (Å²) < 4.78 is 0. The van der Waals surface area contributed by atoms with Crippen LogP contribution in [0, 0.1) is 0 Å². The first-order valence-electron chi connectivity index (χ1n) is 16.6. The van der Waals surface area contributed by atoms with Crippen molar-refractivity contribution in [2.24, 2.45) is 0 Å². The van der Waals surface area contributed by atoms with E-state index in [1.165, 1.54) is 68.8 Å². The summed E-state index contributed by atoms with van der Waals surface area (Å²) >= 11 is -1.66. The monoisotopic (exact) mass is 878 g/mol.